The van der Waals surface area contributed by atoms with Crippen LogP contribution in [0.5, 0.6) is 0 Å². The van der Waals surface area contributed by atoms with Gasteiger partial charge in [-0.05, 0) is 29.7 Å². The van der Waals surface area contributed by atoms with E-state index in [1.807, 2.05) is 48.5 Å². The molecule has 0 aliphatic rings. The molecule has 1 unspecified atom stereocenters. The highest BCUT2D eigenvalue weighted by molar-refractivity contribution is 5.95. The Balaban J connectivity index is 2.23. The first kappa shape index (κ1) is 14.3. The Morgan fingerprint density at radius 3 is 2.45 bits per heavy atom. The van der Waals surface area contributed by atoms with Crippen molar-refractivity contribution in [3.8, 4) is 0 Å². The number of nitrogens with zero attached hydrogens (tertiary/aromatic N) is 1. The summed E-state index contributed by atoms with van der Waals surface area (Å²) < 4.78 is 0. The van der Waals surface area contributed by atoms with Gasteiger partial charge in [0.15, 0.2) is 0 Å². The van der Waals surface area contributed by atoms with Crippen LogP contribution in [0.1, 0.15) is 40.9 Å². The summed E-state index contributed by atoms with van der Waals surface area (Å²) in [6.07, 6.45) is 0.879. The summed E-state index contributed by atoms with van der Waals surface area (Å²) >= 11 is 0. The minimum Gasteiger partial charge on any atom is -0.364 e. The maximum Gasteiger partial charge on any atom is 0.267 e. The van der Waals surface area contributed by atoms with E-state index in [4.69, 9.17) is 5.73 Å². The van der Waals surface area contributed by atoms with Gasteiger partial charge in [-0.1, -0.05) is 55.5 Å². The molecule has 0 saturated heterocycles. The molecule has 3 rings (SSSR count). The minimum atomic E-state index is -0.477. The van der Waals surface area contributed by atoms with E-state index in [0.717, 1.165) is 22.9 Å². The van der Waals surface area contributed by atoms with E-state index < -0.39 is 5.91 Å². The van der Waals surface area contributed by atoms with Gasteiger partial charge in [0.2, 0.25) is 0 Å². The van der Waals surface area contributed by atoms with Gasteiger partial charge in [-0.25, -0.2) is 4.98 Å². The fourth-order valence-electron chi connectivity index (χ4n) is 2.92. The van der Waals surface area contributed by atoms with Crippen molar-refractivity contribution in [3.63, 3.8) is 0 Å². The standard InChI is InChI=1S/C19H18N2O/c1-2-15(13-8-4-3-5-9-13)16-12-14-10-6-7-11-17(14)21-18(16)19(20)22/h3-12,15H,2H2,1H3,(H2,20,22). The number of para-hydroxylation sites is 1. The van der Waals surface area contributed by atoms with Crippen molar-refractivity contribution in [2.24, 2.45) is 5.73 Å². The maximum absolute atomic E-state index is 11.9. The Morgan fingerprint density at radius 2 is 1.77 bits per heavy atom. The van der Waals surface area contributed by atoms with Crippen LogP contribution >= 0.6 is 0 Å². The third-order valence-electron chi connectivity index (χ3n) is 3.97. The molecule has 0 aliphatic heterocycles. The summed E-state index contributed by atoms with van der Waals surface area (Å²) in [5.74, 6) is -0.365. The molecule has 1 aromatic heterocycles. The molecule has 1 atom stereocenters. The quantitative estimate of drug-likeness (QED) is 0.793. The molecule has 0 spiro atoms. The molecule has 22 heavy (non-hydrogen) atoms. The summed E-state index contributed by atoms with van der Waals surface area (Å²) in [6.45, 7) is 2.11. The molecule has 110 valence electrons. The third-order valence-corrected chi connectivity index (χ3v) is 3.97. The first-order chi connectivity index (χ1) is 10.7. The lowest BCUT2D eigenvalue weighted by molar-refractivity contribution is 0.0994. The van der Waals surface area contributed by atoms with Gasteiger partial charge in [0.25, 0.3) is 5.91 Å². The lowest BCUT2D eigenvalue weighted by atomic mass is 9.87. The van der Waals surface area contributed by atoms with Gasteiger partial charge in [0, 0.05) is 11.3 Å². The summed E-state index contributed by atoms with van der Waals surface area (Å²) in [5.41, 5.74) is 8.81. The first-order valence-electron chi connectivity index (χ1n) is 7.45. The van der Waals surface area contributed by atoms with Crippen molar-refractivity contribution in [3.05, 3.63) is 77.5 Å². The Kier molecular flexibility index (Phi) is 3.88. The number of amides is 1. The highest BCUT2D eigenvalue weighted by Gasteiger charge is 2.20. The number of carbonyl (C=O) groups is 1. The highest BCUT2D eigenvalue weighted by Crippen LogP contribution is 2.31. The average molecular weight is 290 g/mol. The predicted molar refractivity (Wildman–Crippen MR) is 88.8 cm³/mol. The number of benzene rings is 2. The Bertz CT molecular complexity index is 812. The van der Waals surface area contributed by atoms with E-state index >= 15 is 0 Å². The average Bonchev–Trinajstić information content (AvgIpc) is 2.56. The zero-order valence-corrected chi connectivity index (χ0v) is 12.5. The molecule has 0 bridgehead atoms. The van der Waals surface area contributed by atoms with E-state index in [1.165, 1.54) is 5.56 Å². The van der Waals surface area contributed by atoms with E-state index in [1.54, 1.807) is 0 Å². The topological polar surface area (TPSA) is 56.0 Å². The summed E-state index contributed by atoms with van der Waals surface area (Å²) in [4.78, 5) is 16.4. The molecule has 0 aliphatic carbocycles. The van der Waals surface area contributed by atoms with Crippen LogP contribution in [0, 0.1) is 0 Å². The fourth-order valence-corrected chi connectivity index (χ4v) is 2.92. The number of fused-ring (bicyclic) bond motifs is 1. The number of nitrogens with two attached hydrogens (primary N) is 1. The predicted octanol–water partition coefficient (Wildman–Crippen LogP) is 3.88. The molecular weight excluding hydrogens is 272 g/mol. The van der Waals surface area contributed by atoms with Crippen molar-refractivity contribution >= 4 is 16.8 Å². The minimum absolute atomic E-state index is 0.112. The number of rotatable bonds is 4. The van der Waals surface area contributed by atoms with Crippen molar-refractivity contribution in [2.75, 3.05) is 0 Å². The normalized spacial score (nSPS) is 12.2. The van der Waals surface area contributed by atoms with Crippen LogP contribution in [0.3, 0.4) is 0 Å². The largest absolute Gasteiger partial charge is 0.364 e. The number of primary amides is 1. The van der Waals surface area contributed by atoms with Crippen molar-refractivity contribution in [2.45, 2.75) is 19.3 Å². The summed E-state index contributed by atoms with van der Waals surface area (Å²) in [6, 6.07) is 20.0. The monoisotopic (exact) mass is 290 g/mol. The Labute approximate surface area is 129 Å². The lowest BCUT2D eigenvalue weighted by Gasteiger charge is -2.18. The molecule has 0 radical (unpaired) electrons. The van der Waals surface area contributed by atoms with Gasteiger partial charge >= 0.3 is 0 Å². The molecular formula is C19H18N2O. The van der Waals surface area contributed by atoms with E-state index in [0.29, 0.717) is 5.69 Å². The van der Waals surface area contributed by atoms with Crippen molar-refractivity contribution < 1.29 is 4.79 Å². The van der Waals surface area contributed by atoms with Crippen LogP contribution in [0.15, 0.2) is 60.7 Å². The molecule has 3 heteroatoms. The molecule has 1 heterocycles. The zero-order chi connectivity index (χ0) is 15.5. The third kappa shape index (κ3) is 2.58. The number of pyridine rings is 1. The molecule has 2 N–H and O–H groups in total. The second-order valence-electron chi connectivity index (χ2n) is 5.35. The van der Waals surface area contributed by atoms with Crippen LogP contribution in [-0.4, -0.2) is 10.9 Å². The molecule has 0 fully saturated rings. The molecule has 3 aromatic rings. The molecule has 3 nitrogen and oxygen atoms in total. The lowest BCUT2D eigenvalue weighted by Crippen LogP contribution is -2.18. The van der Waals surface area contributed by atoms with Crippen molar-refractivity contribution in [1.82, 2.24) is 4.98 Å². The molecule has 0 saturated carbocycles. The Morgan fingerprint density at radius 1 is 1.09 bits per heavy atom. The van der Waals surface area contributed by atoms with E-state index in [2.05, 4.69) is 24.0 Å². The van der Waals surface area contributed by atoms with Crippen molar-refractivity contribution in [1.29, 1.82) is 0 Å². The summed E-state index contributed by atoms with van der Waals surface area (Å²) in [5, 5.41) is 1.02. The Hall–Kier alpha value is -2.68. The van der Waals surface area contributed by atoms with E-state index in [9.17, 15) is 4.79 Å². The smallest absolute Gasteiger partial charge is 0.267 e. The van der Waals surface area contributed by atoms with Gasteiger partial charge in [0.05, 0.1) is 5.52 Å². The van der Waals surface area contributed by atoms with Crippen LogP contribution in [0.4, 0.5) is 0 Å². The first-order valence-corrected chi connectivity index (χ1v) is 7.45. The second-order valence-corrected chi connectivity index (χ2v) is 5.35. The highest BCUT2D eigenvalue weighted by atomic mass is 16.1. The zero-order valence-electron chi connectivity index (χ0n) is 12.5. The van der Waals surface area contributed by atoms with Crippen LogP contribution < -0.4 is 5.73 Å². The molecule has 1 amide bonds. The van der Waals surface area contributed by atoms with Gasteiger partial charge in [-0.2, -0.15) is 0 Å². The molecule has 2 aromatic carbocycles. The fraction of sp³-hybridized carbons (Fsp3) is 0.158. The van der Waals surface area contributed by atoms with Gasteiger partial charge in [-0.3, -0.25) is 4.79 Å². The van der Waals surface area contributed by atoms with Gasteiger partial charge in [-0.15, -0.1) is 0 Å². The maximum atomic E-state index is 11.9. The van der Waals surface area contributed by atoms with Crippen LogP contribution in [-0.2, 0) is 0 Å². The second kappa shape index (κ2) is 5.98. The number of hydrogen-bond acceptors (Lipinski definition) is 2. The van der Waals surface area contributed by atoms with Crippen LogP contribution in [0.25, 0.3) is 10.9 Å². The van der Waals surface area contributed by atoms with E-state index in [-0.39, 0.29) is 5.92 Å². The number of hydrogen-bond donors (Lipinski definition) is 1. The van der Waals surface area contributed by atoms with Gasteiger partial charge in [0.1, 0.15) is 5.69 Å². The number of carbonyl (C=O) groups excluding carboxylic acids is 1. The van der Waals surface area contributed by atoms with Gasteiger partial charge < -0.3 is 5.73 Å². The SMILES string of the molecule is CCC(c1ccccc1)c1cc2ccccc2nc1C(N)=O. The summed E-state index contributed by atoms with van der Waals surface area (Å²) in [7, 11) is 0. The number of aromatic nitrogens is 1. The van der Waals surface area contributed by atoms with Crippen LogP contribution in [0.2, 0.25) is 0 Å².